The first-order valence-corrected chi connectivity index (χ1v) is 7.61. The molecule has 0 saturated heterocycles. The zero-order valence-electron chi connectivity index (χ0n) is 12.8. The van der Waals surface area contributed by atoms with Crippen LogP contribution in [0.25, 0.3) is 0 Å². The van der Waals surface area contributed by atoms with Crippen molar-refractivity contribution in [2.24, 2.45) is 5.92 Å². The molecule has 0 spiro atoms. The van der Waals surface area contributed by atoms with Crippen molar-refractivity contribution in [3.8, 4) is 5.88 Å². The molecule has 21 heavy (non-hydrogen) atoms. The number of nitrogens with zero attached hydrogens (tertiary/aromatic N) is 1. The monoisotopic (exact) mass is 292 g/mol. The molecule has 0 aromatic carbocycles. The molecule has 1 aromatic heterocycles. The fourth-order valence-corrected chi connectivity index (χ4v) is 2.73. The fraction of sp³-hybridized carbons (Fsp3) is 0.625. The Balaban J connectivity index is 1.74. The van der Waals surface area contributed by atoms with Gasteiger partial charge in [0, 0.05) is 12.7 Å². The molecular weight excluding hydrogens is 268 g/mol. The Kier molecular flexibility index (Phi) is 5.99. The molecule has 1 saturated carbocycles. The van der Waals surface area contributed by atoms with Crippen molar-refractivity contribution in [1.29, 1.82) is 0 Å². The first-order valence-electron chi connectivity index (χ1n) is 7.61. The number of methoxy groups -OCH3 is 1. The highest BCUT2D eigenvalue weighted by molar-refractivity contribution is 5.96. The minimum absolute atomic E-state index is 0.180. The maximum absolute atomic E-state index is 12.1. The van der Waals surface area contributed by atoms with Crippen LogP contribution < -0.4 is 10.1 Å². The second-order valence-electron chi connectivity index (χ2n) is 5.49. The minimum Gasteiger partial charge on any atom is -0.480 e. The van der Waals surface area contributed by atoms with Crippen molar-refractivity contribution in [2.75, 3.05) is 20.3 Å². The van der Waals surface area contributed by atoms with Gasteiger partial charge in [-0.1, -0.05) is 19.8 Å². The molecule has 116 valence electrons. The topological polar surface area (TPSA) is 60.5 Å². The third-order valence-corrected chi connectivity index (χ3v) is 3.96. The molecule has 1 fully saturated rings. The standard InChI is InChI=1S/C16H24N2O3/c1-12-6-3-4-8-14(12)21-11-10-17-15(19)13-7-5-9-18-16(13)20-2/h5,7,9,12,14H,3-4,6,8,10-11H2,1-2H3,(H,17,19)/t12-,14+/m1/s1. The summed E-state index contributed by atoms with van der Waals surface area (Å²) >= 11 is 0. The average molecular weight is 292 g/mol. The van der Waals surface area contributed by atoms with E-state index < -0.39 is 0 Å². The molecule has 0 radical (unpaired) electrons. The van der Waals surface area contributed by atoms with Gasteiger partial charge < -0.3 is 14.8 Å². The highest BCUT2D eigenvalue weighted by atomic mass is 16.5. The van der Waals surface area contributed by atoms with Crippen LogP contribution in [0.1, 0.15) is 43.0 Å². The van der Waals surface area contributed by atoms with Gasteiger partial charge in [0.25, 0.3) is 5.91 Å². The maximum Gasteiger partial charge on any atom is 0.256 e. The van der Waals surface area contributed by atoms with Gasteiger partial charge in [-0.25, -0.2) is 4.98 Å². The number of pyridine rings is 1. The van der Waals surface area contributed by atoms with Gasteiger partial charge in [-0.3, -0.25) is 4.79 Å². The van der Waals surface area contributed by atoms with E-state index in [4.69, 9.17) is 9.47 Å². The van der Waals surface area contributed by atoms with E-state index in [1.807, 2.05) is 0 Å². The lowest BCUT2D eigenvalue weighted by molar-refractivity contribution is -0.00294. The number of carbonyl (C=O) groups excluding carboxylic acids is 1. The first kappa shape index (κ1) is 15.8. The van der Waals surface area contributed by atoms with Crippen molar-refractivity contribution in [1.82, 2.24) is 10.3 Å². The predicted octanol–water partition coefficient (Wildman–Crippen LogP) is 2.42. The van der Waals surface area contributed by atoms with Crippen molar-refractivity contribution in [3.63, 3.8) is 0 Å². The van der Waals surface area contributed by atoms with Crippen molar-refractivity contribution in [2.45, 2.75) is 38.7 Å². The summed E-state index contributed by atoms with van der Waals surface area (Å²) in [5.41, 5.74) is 0.450. The van der Waals surface area contributed by atoms with E-state index in [2.05, 4.69) is 17.2 Å². The molecule has 1 aliphatic carbocycles. The lowest BCUT2D eigenvalue weighted by Gasteiger charge is -2.28. The third kappa shape index (κ3) is 4.43. The van der Waals surface area contributed by atoms with Crippen LogP contribution in [0.15, 0.2) is 18.3 Å². The molecule has 1 amide bonds. The summed E-state index contributed by atoms with van der Waals surface area (Å²) in [5.74, 6) is 0.782. The lowest BCUT2D eigenvalue weighted by atomic mass is 9.88. The molecule has 1 aliphatic rings. The average Bonchev–Trinajstić information content (AvgIpc) is 2.52. The Bertz CT molecular complexity index is 465. The van der Waals surface area contributed by atoms with Crippen LogP contribution in [0.4, 0.5) is 0 Å². The molecule has 5 nitrogen and oxygen atoms in total. The summed E-state index contributed by atoms with van der Waals surface area (Å²) in [6.07, 6.45) is 6.86. The summed E-state index contributed by atoms with van der Waals surface area (Å²) < 4.78 is 11.0. The van der Waals surface area contributed by atoms with E-state index >= 15 is 0 Å². The summed E-state index contributed by atoms with van der Waals surface area (Å²) in [5, 5.41) is 2.84. The second kappa shape index (κ2) is 7.98. The maximum atomic E-state index is 12.1. The number of rotatable bonds is 6. The van der Waals surface area contributed by atoms with Crippen LogP contribution in [0.5, 0.6) is 5.88 Å². The van der Waals surface area contributed by atoms with Crippen LogP contribution in [0.3, 0.4) is 0 Å². The van der Waals surface area contributed by atoms with E-state index in [9.17, 15) is 4.79 Å². The number of amides is 1. The van der Waals surface area contributed by atoms with Crippen molar-refractivity contribution < 1.29 is 14.3 Å². The lowest BCUT2D eigenvalue weighted by Crippen LogP contribution is -2.32. The smallest absolute Gasteiger partial charge is 0.256 e. The van der Waals surface area contributed by atoms with Crippen LogP contribution in [-0.2, 0) is 4.74 Å². The van der Waals surface area contributed by atoms with Gasteiger partial charge in [0.2, 0.25) is 5.88 Å². The van der Waals surface area contributed by atoms with Gasteiger partial charge in [0.1, 0.15) is 5.56 Å². The van der Waals surface area contributed by atoms with E-state index in [-0.39, 0.29) is 5.91 Å². The molecule has 5 heteroatoms. The van der Waals surface area contributed by atoms with Crippen LogP contribution in [-0.4, -0.2) is 37.3 Å². The van der Waals surface area contributed by atoms with Gasteiger partial charge in [0.15, 0.2) is 0 Å². The normalized spacial score (nSPS) is 21.8. The number of aromatic nitrogens is 1. The third-order valence-electron chi connectivity index (χ3n) is 3.96. The molecular formula is C16H24N2O3. The quantitative estimate of drug-likeness (QED) is 0.818. The Morgan fingerprint density at radius 3 is 3.00 bits per heavy atom. The number of ether oxygens (including phenoxy) is 2. The summed E-state index contributed by atoms with van der Waals surface area (Å²) in [6.45, 7) is 3.28. The molecule has 0 bridgehead atoms. The highest BCUT2D eigenvalue weighted by Crippen LogP contribution is 2.26. The molecule has 1 aromatic rings. The van der Waals surface area contributed by atoms with Crippen LogP contribution >= 0.6 is 0 Å². The van der Waals surface area contributed by atoms with Crippen molar-refractivity contribution >= 4 is 5.91 Å². The van der Waals surface area contributed by atoms with Gasteiger partial charge >= 0.3 is 0 Å². The number of hydrogen-bond donors (Lipinski definition) is 1. The Hall–Kier alpha value is -1.62. The minimum atomic E-state index is -0.180. The zero-order valence-corrected chi connectivity index (χ0v) is 12.8. The van der Waals surface area contributed by atoms with Gasteiger partial charge in [-0.2, -0.15) is 0 Å². The number of nitrogens with one attached hydrogen (secondary N) is 1. The zero-order chi connectivity index (χ0) is 15.1. The molecule has 1 heterocycles. The van der Waals surface area contributed by atoms with Crippen LogP contribution in [0, 0.1) is 5.92 Å². The summed E-state index contributed by atoms with van der Waals surface area (Å²) in [4.78, 5) is 16.1. The molecule has 0 aliphatic heterocycles. The summed E-state index contributed by atoms with van der Waals surface area (Å²) in [7, 11) is 1.51. The predicted molar refractivity (Wildman–Crippen MR) is 80.5 cm³/mol. The van der Waals surface area contributed by atoms with Gasteiger partial charge in [0.05, 0.1) is 19.8 Å². The Labute approximate surface area is 126 Å². The number of hydrogen-bond acceptors (Lipinski definition) is 4. The van der Waals surface area contributed by atoms with E-state index in [1.54, 1.807) is 18.3 Å². The molecule has 1 N–H and O–H groups in total. The van der Waals surface area contributed by atoms with Crippen LogP contribution in [0.2, 0.25) is 0 Å². The van der Waals surface area contributed by atoms with E-state index in [1.165, 1.54) is 26.4 Å². The highest BCUT2D eigenvalue weighted by Gasteiger charge is 2.21. The fourth-order valence-electron chi connectivity index (χ4n) is 2.73. The molecule has 2 atom stereocenters. The van der Waals surface area contributed by atoms with E-state index in [0.717, 1.165) is 6.42 Å². The first-order chi connectivity index (χ1) is 10.2. The molecule has 0 unspecified atom stereocenters. The largest absolute Gasteiger partial charge is 0.480 e. The second-order valence-corrected chi connectivity index (χ2v) is 5.49. The molecule has 2 rings (SSSR count). The number of carbonyl (C=O) groups is 1. The van der Waals surface area contributed by atoms with E-state index in [0.29, 0.717) is 36.6 Å². The van der Waals surface area contributed by atoms with Crippen molar-refractivity contribution in [3.05, 3.63) is 23.9 Å². The van der Waals surface area contributed by atoms with Gasteiger partial charge in [-0.15, -0.1) is 0 Å². The Morgan fingerprint density at radius 1 is 1.43 bits per heavy atom. The van der Waals surface area contributed by atoms with Gasteiger partial charge in [-0.05, 0) is 30.9 Å². The SMILES string of the molecule is COc1ncccc1C(=O)NCCO[C@H]1CCCC[C@H]1C. The summed E-state index contributed by atoms with van der Waals surface area (Å²) in [6, 6.07) is 3.42. The Morgan fingerprint density at radius 2 is 2.24 bits per heavy atom.